The number of alkyl halides is 3. The third kappa shape index (κ3) is 3.84. The summed E-state index contributed by atoms with van der Waals surface area (Å²) in [6, 6.07) is 4.61. The van der Waals surface area contributed by atoms with Gasteiger partial charge in [0.05, 0.1) is 30.8 Å². The van der Waals surface area contributed by atoms with E-state index in [9.17, 15) is 23.2 Å². The predicted octanol–water partition coefficient (Wildman–Crippen LogP) is 3.36. The summed E-state index contributed by atoms with van der Waals surface area (Å²) in [5.41, 5.74) is 4.43. The van der Waals surface area contributed by atoms with Gasteiger partial charge in [0.15, 0.2) is 0 Å². The molecule has 27 heavy (non-hydrogen) atoms. The lowest BCUT2D eigenvalue weighted by Gasteiger charge is -2.28. The van der Waals surface area contributed by atoms with E-state index in [1.807, 2.05) is 6.07 Å². The number of methoxy groups -OCH3 is 1. The van der Waals surface area contributed by atoms with Gasteiger partial charge in [-0.15, -0.1) is 0 Å². The summed E-state index contributed by atoms with van der Waals surface area (Å²) in [5.74, 6) is -2.24. The van der Waals surface area contributed by atoms with E-state index >= 15 is 0 Å². The minimum atomic E-state index is -4.63. The molecule has 0 aromatic heterocycles. The van der Waals surface area contributed by atoms with E-state index in [2.05, 4.69) is 0 Å². The van der Waals surface area contributed by atoms with Crippen LogP contribution in [0.1, 0.15) is 30.9 Å². The van der Waals surface area contributed by atoms with Crippen LogP contribution in [0.3, 0.4) is 0 Å². The largest absolute Gasteiger partial charge is 0.496 e. The van der Waals surface area contributed by atoms with Crippen molar-refractivity contribution in [2.45, 2.75) is 25.9 Å². The minimum Gasteiger partial charge on any atom is -0.496 e. The van der Waals surface area contributed by atoms with Crippen LogP contribution in [-0.4, -0.2) is 19.7 Å². The van der Waals surface area contributed by atoms with E-state index in [1.165, 1.54) is 14.0 Å². The first kappa shape index (κ1) is 20.2. The lowest BCUT2D eigenvalue weighted by atomic mass is 9.82. The monoisotopic (exact) mass is 382 g/mol. The summed E-state index contributed by atoms with van der Waals surface area (Å²) in [6.45, 7) is 3.02. The maximum absolute atomic E-state index is 13.2. The maximum atomic E-state index is 13.2. The molecule has 6 nitrogen and oxygen atoms in total. The molecule has 0 radical (unpaired) electrons. The smallest absolute Gasteiger partial charge is 0.416 e. The van der Waals surface area contributed by atoms with E-state index in [1.54, 1.807) is 6.92 Å². The van der Waals surface area contributed by atoms with Crippen LogP contribution in [-0.2, 0) is 20.4 Å². The van der Waals surface area contributed by atoms with Gasteiger partial charge >= 0.3 is 12.1 Å². The Labute approximate surface area is 153 Å². The molecule has 1 aromatic rings. The summed E-state index contributed by atoms with van der Waals surface area (Å²) < 4.78 is 55.0. The number of benzene rings is 1. The van der Waals surface area contributed by atoms with Gasteiger partial charge in [-0.2, -0.15) is 18.4 Å². The highest BCUT2D eigenvalue weighted by Crippen LogP contribution is 2.44. The van der Waals surface area contributed by atoms with E-state index in [-0.39, 0.29) is 40.7 Å². The maximum Gasteiger partial charge on any atom is 0.416 e. The Morgan fingerprint density at radius 3 is 2.59 bits per heavy atom. The molecule has 144 valence electrons. The van der Waals surface area contributed by atoms with Crippen LogP contribution in [0.15, 0.2) is 41.0 Å². The highest BCUT2D eigenvalue weighted by molar-refractivity contribution is 5.92. The Kier molecular flexibility index (Phi) is 5.69. The minimum absolute atomic E-state index is 0.0309. The molecule has 1 aliphatic heterocycles. The standard InChI is InChI=1S/C18H17F3N2O4/c1-4-26-17(24)14-9(2)27-16(23)12(8-22)15(14)11-7-10(18(19,20)21)5-6-13(11)25-3/h5-7,15H,4,23H2,1-3H3. The summed E-state index contributed by atoms with van der Waals surface area (Å²) >= 11 is 0. The summed E-state index contributed by atoms with van der Waals surface area (Å²) in [5, 5.41) is 9.50. The quantitative estimate of drug-likeness (QED) is 0.803. The number of esters is 1. The van der Waals surface area contributed by atoms with Crippen molar-refractivity contribution in [1.29, 1.82) is 5.26 Å². The van der Waals surface area contributed by atoms with E-state index in [4.69, 9.17) is 19.9 Å². The second-order valence-corrected chi connectivity index (χ2v) is 5.57. The van der Waals surface area contributed by atoms with Crippen molar-refractivity contribution in [1.82, 2.24) is 0 Å². The van der Waals surface area contributed by atoms with E-state index in [0.29, 0.717) is 0 Å². The van der Waals surface area contributed by atoms with Crippen molar-refractivity contribution < 1.29 is 32.2 Å². The average molecular weight is 382 g/mol. The van der Waals surface area contributed by atoms with Crippen LogP contribution in [0.4, 0.5) is 13.2 Å². The van der Waals surface area contributed by atoms with Gasteiger partial charge in [0.2, 0.25) is 5.88 Å². The topological polar surface area (TPSA) is 94.6 Å². The number of ether oxygens (including phenoxy) is 3. The second-order valence-electron chi connectivity index (χ2n) is 5.57. The van der Waals surface area contributed by atoms with Crippen molar-refractivity contribution in [3.63, 3.8) is 0 Å². The Balaban J connectivity index is 2.78. The Bertz CT molecular complexity index is 866. The fourth-order valence-electron chi connectivity index (χ4n) is 2.80. The molecule has 0 amide bonds. The molecule has 1 unspecified atom stereocenters. The van der Waals surface area contributed by atoms with Crippen LogP contribution in [0.5, 0.6) is 5.75 Å². The number of carbonyl (C=O) groups is 1. The molecule has 9 heteroatoms. The number of hydrogen-bond donors (Lipinski definition) is 1. The van der Waals surface area contributed by atoms with Crippen molar-refractivity contribution in [3.05, 3.63) is 52.1 Å². The van der Waals surface area contributed by atoms with Gasteiger partial charge in [0, 0.05) is 5.56 Å². The van der Waals surface area contributed by atoms with Gasteiger partial charge in [0.1, 0.15) is 23.2 Å². The van der Waals surface area contributed by atoms with E-state index in [0.717, 1.165) is 18.2 Å². The van der Waals surface area contributed by atoms with Gasteiger partial charge in [-0.05, 0) is 32.0 Å². The normalized spacial score (nSPS) is 17.3. The second kappa shape index (κ2) is 7.61. The number of rotatable bonds is 4. The molecule has 2 N–H and O–H groups in total. The third-order valence-corrected chi connectivity index (χ3v) is 3.97. The Hall–Kier alpha value is -3.15. The zero-order chi connectivity index (χ0) is 20.4. The summed E-state index contributed by atoms with van der Waals surface area (Å²) in [4.78, 5) is 12.4. The molecular formula is C18H17F3N2O4. The van der Waals surface area contributed by atoms with Gasteiger partial charge < -0.3 is 19.9 Å². The number of halogens is 3. The molecule has 0 saturated carbocycles. The molecule has 0 aliphatic carbocycles. The molecule has 1 heterocycles. The predicted molar refractivity (Wildman–Crippen MR) is 88.0 cm³/mol. The summed E-state index contributed by atoms with van der Waals surface area (Å²) in [6.07, 6.45) is -4.63. The highest BCUT2D eigenvalue weighted by atomic mass is 19.4. The van der Waals surface area contributed by atoms with Gasteiger partial charge in [-0.1, -0.05) is 0 Å². The first-order valence-corrected chi connectivity index (χ1v) is 7.86. The number of nitriles is 1. The van der Waals surface area contributed by atoms with Crippen molar-refractivity contribution in [2.75, 3.05) is 13.7 Å². The molecule has 0 spiro atoms. The fraction of sp³-hybridized carbons (Fsp3) is 0.333. The zero-order valence-corrected chi connectivity index (χ0v) is 14.8. The van der Waals surface area contributed by atoms with Crippen LogP contribution in [0.2, 0.25) is 0 Å². The molecule has 1 atom stereocenters. The molecule has 0 fully saturated rings. The molecular weight excluding hydrogens is 365 g/mol. The lowest BCUT2D eigenvalue weighted by molar-refractivity contribution is -0.139. The van der Waals surface area contributed by atoms with E-state index < -0.39 is 23.6 Å². The van der Waals surface area contributed by atoms with Crippen molar-refractivity contribution >= 4 is 5.97 Å². The Morgan fingerprint density at radius 2 is 2.07 bits per heavy atom. The zero-order valence-electron chi connectivity index (χ0n) is 14.8. The average Bonchev–Trinajstić information content (AvgIpc) is 2.59. The van der Waals surface area contributed by atoms with Crippen LogP contribution < -0.4 is 10.5 Å². The summed E-state index contributed by atoms with van der Waals surface area (Å²) in [7, 11) is 1.27. The van der Waals surface area contributed by atoms with Crippen LogP contribution in [0.25, 0.3) is 0 Å². The fourth-order valence-corrected chi connectivity index (χ4v) is 2.80. The first-order valence-electron chi connectivity index (χ1n) is 7.86. The number of carbonyl (C=O) groups excluding carboxylic acids is 1. The van der Waals surface area contributed by atoms with Crippen molar-refractivity contribution in [2.24, 2.45) is 5.73 Å². The number of nitrogens with zero attached hydrogens (tertiary/aromatic N) is 1. The number of hydrogen-bond acceptors (Lipinski definition) is 6. The SMILES string of the molecule is CCOC(=O)C1=C(C)OC(N)=C(C#N)C1c1cc(C(F)(F)F)ccc1OC. The molecule has 2 rings (SSSR count). The molecule has 1 aromatic carbocycles. The van der Waals surface area contributed by atoms with Crippen LogP contribution in [0, 0.1) is 11.3 Å². The van der Waals surface area contributed by atoms with Gasteiger partial charge in [0.25, 0.3) is 0 Å². The van der Waals surface area contributed by atoms with Crippen LogP contribution >= 0.6 is 0 Å². The molecule has 0 bridgehead atoms. The highest BCUT2D eigenvalue weighted by Gasteiger charge is 2.39. The van der Waals surface area contributed by atoms with Crippen molar-refractivity contribution in [3.8, 4) is 11.8 Å². The number of allylic oxidation sites excluding steroid dienone is 2. The van der Waals surface area contributed by atoms with Gasteiger partial charge in [-0.25, -0.2) is 4.79 Å². The molecule has 1 aliphatic rings. The first-order chi connectivity index (χ1) is 12.6. The van der Waals surface area contributed by atoms with Gasteiger partial charge in [-0.3, -0.25) is 0 Å². The number of nitrogens with two attached hydrogens (primary N) is 1. The lowest BCUT2D eigenvalue weighted by Crippen LogP contribution is -2.26. The Morgan fingerprint density at radius 1 is 1.41 bits per heavy atom. The molecule has 0 saturated heterocycles. The third-order valence-electron chi connectivity index (χ3n) is 3.97.